The van der Waals surface area contributed by atoms with Gasteiger partial charge in [-0.3, -0.25) is 0 Å². The standard InChI is InChI=1S/C6H15N.3CH4.Cu/c1-4-7(5-2)6-3;;;;/h4-6H2,1-3H3;3*1H4;/q;;;;+2. The van der Waals surface area contributed by atoms with E-state index in [1.165, 1.54) is 19.6 Å². The first-order chi connectivity index (χ1) is 3.35. The van der Waals surface area contributed by atoms with Gasteiger partial charge < -0.3 is 4.90 Å². The molecule has 0 bridgehead atoms. The van der Waals surface area contributed by atoms with Crippen molar-refractivity contribution in [1.29, 1.82) is 0 Å². The van der Waals surface area contributed by atoms with E-state index in [4.69, 9.17) is 0 Å². The van der Waals surface area contributed by atoms with E-state index in [9.17, 15) is 0 Å². The summed E-state index contributed by atoms with van der Waals surface area (Å²) in [6.45, 7) is 10.1. The Hall–Kier alpha value is 0.479. The van der Waals surface area contributed by atoms with Gasteiger partial charge in [0.25, 0.3) is 0 Å². The topological polar surface area (TPSA) is 3.24 Å². The van der Waals surface area contributed by atoms with Crippen molar-refractivity contribution in [2.24, 2.45) is 0 Å². The molecule has 11 heavy (non-hydrogen) atoms. The van der Waals surface area contributed by atoms with Crippen LogP contribution in [0, 0.1) is 0 Å². The molecule has 2 heteroatoms. The van der Waals surface area contributed by atoms with Crippen molar-refractivity contribution in [2.45, 2.75) is 43.1 Å². The van der Waals surface area contributed by atoms with Crippen molar-refractivity contribution in [1.82, 2.24) is 4.90 Å². The quantitative estimate of drug-likeness (QED) is 0.650. The van der Waals surface area contributed by atoms with Gasteiger partial charge in [-0.05, 0) is 19.6 Å². The zero-order valence-electron chi connectivity index (χ0n) is 5.87. The fourth-order valence-electron chi connectivity index (χ4n) is 0.671. The Labute approximate surface area is 85.0 Å². The molecule has 0 saturated heterocycles. The molecule has 77 valence electrons. The average Bonchev–Trinajstić information content (AvgIpc) is 1.72. The molecule has 0 aromatic carbocycles. The molecule has 0 unspecified atom stereocenters. The molecule has 0 aliphatic rings. The maximum absolute atomic E-state index is 2.38. The second kappa shape index (κ2) is 22.4. The van der Waals surface area contributed by atoms with E-state index in [-0.39, 0.29) is 39.3 Å². The second-order valence-corrected chi connectivity index (χ2v) is 1.62. The third-order valence-corrected chi connectivity index (χ3v) is 1.34. The Kier molecular flexibility index (Phi) is 61.2. The maximum Gasteiger partial charge on any atom is 2.00 e. The molecule has 0 atom stereocenters. The summed E-state index contributed by atoms with van der Waals surface area (Å²) in [5.41, 5.74) is 0. The van der Waals surface area contributed by atoms with Gasteiger partial charge in [0.2, 0.25) is 0 Å². The summed E-state index contributed by atoms with van der Waals surface area (Å²) in [6.07, 6.45) is 0. The minimum absolute atomic E-state index is 0. The van der Waals surface area contributed by atoms with E-state index in [2.05, 4.69) is 25.7 Å². The molecule has 1 radical (unpaired) electrons. The predicted molar refractivity (Wildman–Crippen MR) is 53.7 cm³/mol. The molecule has 0 saturated carbocycles. The number of nitrogens with zero attached hydrogens (tertiary/aromatic N) is 1. The van der Waals surface area contributed by atoms with Crippen molar-refractivity contribution < 1.29 is 17.1 Å². The first-order valence-corrected chi connectivity index (χ1v) is 3.07. The molecular formula is C9H27CuN+2. The predicted octanol–water partition coefficient (Wildman–Crippen LogP) is 3.25. The Morgan fingerprint density at radius 1 is 0.727 bits per heavy atom. The van der Waals surface area contributed by atoms with Gasteiger partial charge in [-0.1, -0.05) is 43.1 Å². The summed E-state index contributed by atoms with van der Waals surface area (Å²) in [5.74, 6) is 0. The van der Waals surface area contributed by atoms with E-state index < -0.39 is 0 Å². The van der Waals surface area contributed by atoms with Crippen molar-refractivity contribution in [3.05, 3.63) is 0 Å². The molecule has 0 amide bonds. The van der Waals surface area contributed by atoms with Crippen LogP contribution in [0.2, 0.25) is 0 Å². The Morgan fingerprint density at radius 2 is 0.909 bits per heavy atom. The first kappa shape index (κ1) is 30.0. The van der Waals surface area contributed by atoms with Crippen LogP contribution in [-0.2, 0) is 17.1 Å². The monoisotopic (exact) mass is 212 g/mol. The number of rotatable bonds is 3. The molecule has 0 aliphatic heterocycles. The van der Waals surface area contributed by atoms with Crippen LogP contribution < -0.4 is 0 Å². The van der Waals surface area contributed by atoms with Crippen LogP contribution in [-0.4, -0.2) is 24.5 Å². The molecule has 0 spiro atoms. The van der Waals surface area contributed by atoms with Crippen LogP contribution in [0.4, 0.5) is 0 Å². The van der Waals surface area contributed by atoms with E-state index in [0.717, 1.165) is 0 Å². The van der Waals surface area contributed by atoms with Crippen LogP contribution >= 0.6 is 0 Å². The second-order valence-electron chi connectivity index (χ2n) is 1.62. The van der Waals surface area contributed by atoms with Crippen LogP contribution in [0.25, 0.3) is 0 Å². The third kappa shape index (κ3) is 17.9. The smallest absolute Gasteiger partial charge is 0.304 e. The molecule has 0 aromatic rings. The summed E-state index contributed by atoms with van der Waals surface area (Å²) in [6, 6.07) is 0. The van der Waals surface area contributed by atoms with Gasteiger partial charge in [0.1, 0.15) is 0 Å². The van der Waals surface area contributed by atoms with Gasteiger partial charge >= 0.3 is 17.1 Å². The summed E-state index contributed by atoms with van der Waals surface area (Å²) in [5, 5.41) is 0. The molecule has 0 rings (SSSR count). The van der Waals surface area contributed by atoms with Gasteiger partial charge in [-0.15, -0.1) is 0 Å². The fourth-order valence-corrected chi connectivity index (χ4v) is 0.671. The SMILES string of the molecule is C.C.C.CCN(CC)CC.[Cu+2]. The van der Waals surface area contributed by atoms with Crippen molar-refractivity contribution in [3.8, 4) is 0 Å². The fraction of sp³-hybridized carbons (Fsp3) is 1.00. The number of hydrogen-bond acceptors (Lipinski definition) is 1. The average molecular weight is 213 g/mol. The zero-order chi connectivity index (χ0) is 5.70. The van der Waals surface area contributed by atoms with E-state index in [0.29, 0.717) is 0 Å². The normalized spacial score (nSPS) is 6.55. The minimum atomic E-state index is 0. The van der Waals surface area contributed by atoms with Crippen LogP contribution in [0.15, 0.2) is 0 Å². The molecule has 0 aliphatic carbocycles. The van der Waals surface area contributed by atoms with Gasteiger partial charge in [0, 0.05) is 0 Å². The van der Waals surface area contributed by atoms with Crippen LogP contribution in [0.1, 0.15) is 43.1 Å². The van der Waals surface area contributed by atoms with Gasteiger partial charge in [0.15, 0.2) is 0 Å². The molecule has 0 heterocycles. The van der Waals surface area contributed by atoms with Crippen LogP contribution in [0.3, 0.4) is 0 Å². The minimum Gasteiger partial charge on any atom is -0.304 e. The molecule has 0 N–H and O–H groups in total. The maximum atomic E-state index is 2.38. The van der Waals surface area contributed by atoms with E-state index in [1.807, 2.05) is 0 Å². The first-order valence-electron chi connectivity index (χ1n) is 3.07. The molecular weight excluding hydrogens is 186 g/mol. The van der Waals surface area contributed by atoms with Crippen LogP contribution in [0.5, 0.6) is 0 Å². The molecule has 1 nitrogen and oxygen atoms in total. The van der Waals surface area contributed by atoms with E-state index >= 15 is 0 Å². The largest absolute Gasteiger partial charge is 2.00 e. The summed E-state index contributed by atoms with van der Waals surface area (Å²) >= 11 is 0. The van der Waals surface area contributed by atoms with Gasteiger partial charge in [0.05, 0.1) is 0 Å². The van der Waals surface area contributed by atoms with E-state index in [1.54, 1.807) is 0 Å². The zero-order valence-corrected chi connectivity index (χ0v) is 6.81. The van der Waals surface area contributed by atoms with Gasteiger partial charge in [-0.25, -0.2) is 0 Å². The summed E-state index contributed by atoms with van der Waals surface area (Å²) in [7, 11) is 0. The molecule has 0 fully saturated rings. The van der Waals surface area contributed by atoms with Crippen molar-refractivity contribution >= 4 is 0 Å². The van der Waals surface area contributed by atoms with Crippen molar-refractivity contribution in [2.75, 3.05) is 19.6 Å². The molecule has 0 aromatic heterocycles. The number of hydrogen-bond donors (Lipinski definition) is 0. The third-order valence-electron chi connectivity index (χ3n) is 1.34. The summed E-state index contributed by atoms with van der Waals surface area (Å²) in [4.78, 5) is 2.38. The van der Waals surface area contributed by atoms with Crippen molar-refractivity contribution in [3.63, 3.8) is 0 Å². The Balaban J connectivity index is -0.0000000300. The Morgan fingerprint density at radius 3 is 0.909 bits per heavy atom. The summed E-state index contributed by atoms with van der Waals surface area (Å²) < 4.78 is 0. The Bertz CT molecular complexity index is 31.0. The van der Waals surface area contributed by atoms with Gasteiger partial charge in [-0.2, -0.15) is 0 Å².